The summed E-state index contributed by atoms with van der Waals surface area (Å²) in [7, 11) is 0. The van der Waals surface area contributed by atoms with Gasteiger partial charge in [-0.2, -0.15) is 0 Å². The van der Waals surface area contributed by atoms with Gasteiger partial charge in [-0.25, -0.2) is 14.0 Å². The minimum atomic E-state index is -0.964. The van der Waals surface area contributed by atoms with Gasteiger partial charge < -0.3 is 19.3 Å². The molecule has 2 N–H and O–H groups in total. The van der Waals surface area contributed by atoms with Gasteiger partial charge in [-0.3, -0.25) is 5.32 Å². The number of rotatable bonds is 10. The SMILES string of the molecule is CCOc1ccc(-c2ccc(NC(=O)OCC3CCC(COCC(=O)O)CC3)cc2F)cc1. The topological polar surface area (TPSA) is 94.1 Å². The van der Waals surface area contributed by atoms with Gasteiger partial charge >= 0.3 is 12.1 Å². The Morgan fingerprint density at radius 3 is 2.30 bits per heavy atom. The van der Waals surface area contributed by atoms with Crippen LogP contribution in [0, 0.1) is 17.7 Å². The first-order chi connectivity index (χ1) is 15.9. The number of carboxylic acids is 1. The van der Waals surface area contributed by atoms with Crippen molar-refractivity contribution < 1.29 is 33.3 Å². The number of aliphatic carboxylic acids is 1. The van der Waals surface area contributed by atoms with Gasteiger partial charge in [0, 0.05) is 11.3 Å². The van der Waals surface area contributed by atoms with E-state index in [1.807, 2.05) is 6.92 Å². The molecular weight excluding hydrogens is 429 g/mol. The first-order valence-corrected chi connectivity index (χ1v) is 11.2. The summed E-state index contributed by atoms with van der Waals surface area (Å²) in [5.41, 5.74) is 1.47. The van der Waals surface area contributed by atoms with Gasteiger partial charge in [0.25, 0.3) is 0 Å². The lowest BCUT2D eigenvalue weighted by Gasteiger charge is -2.27. The van der Waals surface area contributed by atoms with Crippen LogP contribution in [0.3, 0.4) is 0 Å². The van der Waals surface area contributed by atoms with E-state index in [1.54, 1.807) is 36.4 Å². The van der Waals surface area contributed by atoms with Gasteiger partial charge in [-0.15, -0.1) is 0 Å². The summed E-state index contributed by atoms with van der Waals surface area (Å²) < 4.78 is 30.5. The van der Waals surface area contributed by atoms with E-state index in [-0.39, 0.29) is 12.5 Å². The zero-order chi connectivity index (χ0) is 23.6. The Morgan fingerprint density at radius 1 is 1.03 bits per heavy atom. The van der Waals surface area contributed by atoms with Gasteiger partial charge in [0.2, 0.25) is 0 Å². The van der Waals surface area contributed by atoms with Crippen LogP contribution in [0.2, 0.25) is 0 Å². The average molecular weight is 460 g/mol. The Bertz CT molecular complexity index is 925. The first-order valence-electron chi connectivity index (χ1n) is 11.2. The predicted molar refractivity (Wildman–Crippen MR) is 122 cm³/mol. The van der Waals surface area contributed by atoms with Crippen LogP contribution in [0.15, 0.2) is 42.5 Å². The zero-order valence-electron chi connectivity index (χ0n) is 18.7. The highest BCUT2D eigenvalue weighted by atomic mass is 19.1. The van der Waals surface area contributed by atoms with Crippen molar-refractivity contribution in [1.82, 2.24) is 0 Å². The van der Waals surface area contributed by atoms with Crippen LogP contribution >= 0.6 is 0 Å². The number of halogens is 1. The minimum Gasteiger partial charge on any atom is -0.494 e. The van der Waals surface area contributed by atoms with Crippen LogP contribution in [0.4, 0.5) is 14.9 Å². The fraction of sp³-hybridized carbons (Fsp3) is 0.440. The number of hydrogen-bond donors (Lipinski definition) is 2. The van der Waals surface area contributed by atoms with Crippen LogP contribution in [0.25, 0.3) is 11.1 Å². The lowest BCUT2D eigenvalue weighted by Crippen LogP contribution is -2.25. The maximum Gasteiger partial charge on any atom is 0.411 e. The molecule has 2 aromatic carbocycles. The Kier molecular flexibility index (Phi) is 9.06. The molecule has 1 fully saturated rings. The van der Waals surface area contributed by atoms with E-state index >= 15 is 0 Å². The third kappa shape index (κ3) is 7.75. The number of carbonyl (C=O) groups is 2. The third-order valence-electron chi connectivity index (χ3n) is 5.69. The van der Waals surface area contributed by atoms with Crippen molar-refractivity contribution >= 4 is 17.7 Å². The molecule has 33 heavy (non-hydrogen) atoms. The summed E-state index contributed by atoms with van der Waals surface area (Å²) >= 11 is 0. The molecule has 3 rings (SSSR count). The van der Waals surface area contributed by atoms with Crippen molar-refractivity contribution in [2.45, 2.75) is 32.6 Å². The van der Waals surface area contributed by atoms with Gasteiger partial charge in [0.1, 0.15) is 18.2 Å². The molecule has 0 heterocycles. The fourth-order valence-electron chi connectivity index (χ4n) is 3.95. The maximum absolute atomic E-state index is 14.6. The number of ether oxygens (including phenoxy) is 3. The number of amides is 1. The molecule has 0 atom stereocenters. The van der Waals surface area contributed by atoms with Crippen LogP contribution in [-0.4, -0.2) is 43.6 Å². The molecule has 178 valence electrons. The van der Waals surface area contributed by atoms with Crippen molar-refractivity contribution in [1.29, 1.82) is 0 Å². The fourth-order valence-corrected chi connectivity index (χ4v) is 3.95. The van der Waals surface area contributed by atoms with Gasteiger partial charge in [-0.1, -0.05) is 12.1 Å². The normalized spacial score (nSPS) is 17.9. The van der Waals surface area contributed by atoms with Gasteiger partial charge in [-0.05, 0) is 80.3 Å². The minimum absolute atomic E-state index is 0.255. The number of carbonyl (C=O) groups excluding carboxylic acids is 1. The van der Waals surface area contributed by atoms with Crippen molar-refractivity contribution in [2.75, 3.05) is 31.7 Å². The van der Waals surface area contributed by atoms with Crippen LogP contribution in [-0.2, 0) is 14.3 Å². The van der Waals surface area contributed by atoms with Crippen molar-refractivity contribution in [2.24, 2.45) is 11.8 Å². The number of hydrogen-bond acceptors (Lipinski definition) is 5. The Morgan fingerprint density at radius 2 is 1.70 bits per heavy atom. The maximum atomic E-state index is 14.6. The van der Waals surface area contributed by atoms with E-state index in [0.29, 0.717) is 42.6 Å². The number of nitrogens with one attached hydrogen (secondary N) is 1. The van der Waals surface area contributed by atoms with E-state index in [2.05, 4.69) is 5.32 Å². The molecule has 1 aliphatic rings. The predicted octanol–water partition coefficient (Wildman–Crippen LogP) is 5.35. The van der Waals surface area contributed by atoms with E-state index < -0.39 is 17.9 Å². The zero-order valence-corrected chi connectivity index (χ0v) is 18.7. The standard InChI is InChI=1S/C25H30FNO6/c1-2-32-21-10-7-19(8-11-21)22-12-9-20(13-23(22)26)27-25(30)33-15-18-5-3-17(4-6-18)14-31-16-24(28)29/h7-13,17-18H,2-6,14-16H2,1H3,(H,27,30)(H,28,29). The summed E-state index contributed by atoms with van der Waals surface area (Å²) in [6.07, 6.45) is 2.98. The number of benzene rings is 2. The van der Waals surface area contributed by atoms with E-state index in [0.717, 1.165) is 31.4 Å². The highest BCUT2D eigenvalue weighted by Gasteiger charge is 2.23. The van der Waals surface area contributed by atoms with Gasteiger partial charge in [0.15, 0.2) is 0 Å². The smallest absolute Gasteiger partial charge is 0.411 e. The average Bonchev–Trinajstić information content (AvgIpc) is 2.79. The first kappa shape index (κ1) is 24.5. The molecule has 0 radical (unpaired) electrons. The molecule has 2 aromatic rings. The quantitative estimate of drug-likeness (QED) is 0.498. The molecule has 0 aliphatic heterocycles. The van der Waals surface area contributed by atoms with Crippen molar-refractivity contribution in [3.8, 4) is 16.9 Å². The summed E-state index contributed by atoms with van der Waals surface area (Å²) in [6.45, 7) is 2.93. The van der Waals surface area contributed by atoms with Crippen LogP contribution < -0.4 is 10.1 Å². The second-order valence-electron chi connectivity index (χ2n) is 8.17. The van der Waals surface area contributed by atoms with Crippen LogP contribution in [0.5, 0.6) is 5.75 Å². The summed E-state index contributed by atoms with van der Waals surface area (Å²) in [5.74, 6) is -0.0894. The highest BCUT2D eigenvalue weighted by molar-refractivity contribution is 5.85. The molecule has 1 saturated carbocycles. The molecule has 7 nitrogen and oxygen atoms in total. The number of carboxylic acid groups (broad SMARTS) is 1. The Balaban J connectivity index is 1.42. The molecule has 1 aliphatic carbocycles. The van der Waals surface area contributed by atoms with E-state index in [9.17, 15) is 14.0 Å². The summed E-state index contributed by atoms with van der Waals surface area (Å²) in [5, 5.41) is 11.2. The molecule has 0 bridgehead atoms. The molecule has 0 spiro atoms. The summed E-state index contributed by atoms with van der Waals surface area (Å²) in [4.78, 5) is 22.6. The van der Waals surface area contributed by atoms with E-state index in [1.165, 1.54) is 6.07 Å². The second kappa shape index (κ2) is 12.2. The molecule has 8 heteroatoms. The molecule has 1 amide bonds. The Hall–Kier alpha value is -3.13. The molecule has 0 saturated heterocycles. The molecule has 0 aromatic heterocycles. The van der Waals surface area contributed by atoms with Crippen molar-refractivity contribution in [3.05, 3.63) is 48.3 Å². The summed E-state index contributed by atoms with van der Waals surface area (Å²) in [6, 6.07) is 11.7. The lowest BCUT2D eigenvalue weighted by atomic mass is 9.83. The van der Waals surface area contributed by atoms with Crippen molar-refractivity contribution in [3.63, 3.8) is 0 Å². The van der Waals surface area contributed by atoms with Crippen LogP contribution in [0.1, 0.15) is 32.6 Å². The molecule has 0 unspecified atom stereocenters. The second-order valence-corrected chi connectivity index (χ2v) is 8.17. The molecular formula is C25H30FNO6. The van der Waals surface area contributed by atoms with Gasteiger partial charge in [0.05, 0.1) is 19.8 Å². The third-order valence-corrected chi connectivity index (χ3v) is 5.69. The Labute approximate surface area is 192 Å². The highest BCUT2D eigenvalue weighted by Crippen LogP contribution is 2.30. The number of anilines is 1. The lowest BCUT2D eigenvalue weighted by molar-refractivity contribution is -0.142. The largest absolute Gasteiger partial charge is 0.494 e. The monoisotopic (exact) mass is 459 g/mol. The van der Waals surface area contributed by atoms with E-state index in [4.69, 9.17) is 19.3 Å².